The zero-order chi connectivity index (χ0) is 11.1. The SMILES string of the molecule is CC(C)(C)c1ccc2c(c1)CCC(=O)N2. The Hall–Kier alpha value is -1.31. The molecule has 15 heavy (non-hydrogen) atoms. The van der Waals surface area contributed by atoms with Crippen LogP contribution in [0.3, 0.4) is 0 Å². The van der Waals surface area contributed by atoms with Gasteiger partial charge in [0.2, 0.25) is 5.91 Å². The standard InChI is InChI=1S/C13H17NO/c1-13(2,3)10-5-6-11-9(8-10)4-7-12(15)14-11/h5-6,8H,4,7H2,1-3H3,(H,14,15). The van der Waals surface area contributed by atoms with Crippen LogP contribution in [0.5, 0.6) is 0 Å². The van der Waals surface area contributed by atoms with Crippen molar-refractivity contribution in [3.8, 4) is 0 Å². The number of rotatable bonds is 0. The number of carbonyl (C=O) groups excluding carboxylic acids is 1. The lowest BCUT2D eigenvalue weighted by Crippen LogP contribution is -2.20. The summed E-state index contributed by atoms with van der Waals surface area (Å²) in [6.45, 7) is 6.61. The van der Waals surface area contributed by atoms with Crippen LogP contribution in [0.2, 0.25) is 0 Å². The number of hydrogen-bond acceptors (Lipinski definition) is 1. The molecule has 0 radical (unpaired) electrons. The van der Waals surface area contributed by atoms with Crippen molar-refractivity contribution in [2.45, 2.75) is 39.0 Å². The highest BCUT2D eigenvalue weighted by Gasteiger charge is 2.19. The normalized spacial score (nSPS) is 15.8. The van der Waals surface area contributed by atoms with Crippen LogP contribution in [0, 0.1) is 0 Å². The van der Waals surface area contributed by atoms with Crippen LogP contribution in [-0.4, -0.2) is 5.91 Å². The molecule has 0 atom stereocenters. The number of fused-ring (bicyclic) bond motifs is 1. The van der Waals surface area contributed by atoms with Gasteiger partial charge < -0.3 is 5.32 Å². The van der Waals surface area contributed by atoms with E-state index in [9.17, 15) is 4.79 Å². The largest absolute Gasteiger partial charge is 0.326 e. The van der Waals surface area contributed by atoms with E-state index in [4.69, 9.17) is 0 Å². The zero-order valence-electron chi connectivity index (χ0n) is 9.55. The molecule has 0 saturated carbocycles. The fourth-order valence-electron chi connectivity index (χ4n) is 1.85. The number of benzene rings is 1. The van der Waals surface area contributed by atoms with Crippen LogP contribution in [0.25, 0.3) is 0 Å². The van der Waals surface area contributed by atoms with Gasteiger partial charge in [0.15, 0.2) is 0 Å². The lowest BCUT2D eigenvalue weighted by Gasteiger charge is -2.23. The first-order valence-corrected chi connectivity index (χ1v) is 5.40. The molecule has 0 unspecified atom stereocenters. The van der Waals surface area contributed by atoms with Crippen LogP contribution >= 0.6 is 0 Å². The summed E-state index contributed by atoms with van der Waals surface area (Å²) < 4.78 is 0. The van der Waals surface area contributed by atoms with Crippen LogP contribution in [0.15, 0.2) is 18.2 Å². The monoisotopic (exact) mass is 203 g/mol. The number of hydrogen-bond donors (Lipinski definition) is 1. The second-order valence-corrected chi connectivity index (χ2v) is 5.17. The predicted molar refractivity (Wildman–Crippen MR) is 62.1 cm³/mol. The van der Waals surface area contributed by atoms with E-state index in [1.807, 2.05) is 6.07 Å². The molecule has 0 saturated heterocycles. The number of anilines is 1. The molecule has 0 spiro atoms. The van der Waals surface area contributed by atoms with Crippen molar-refractivity contribution in [1.29, 1.82) is 0 Å². The third kappa shape index (κ3) is 2.04. The molecule has 0 aliphatic carbocycles. The third-order valence-electron chi connectivity index (χ3n) is 2.87. The second kappa shape index (κ2) is 3.37. The first-order valence-electron chi connectivity index (χ1n) is 5.40. The van der Waals surface area contributed by atoms with E-state index < -0.39 is 0 Å². The summed E-state index contributed by atoms with van der Waals surface area (Å²) in [5.41, 5.74) is 3.76. The van der Waals surface area contributed by atoms with E-state index in [0.717, 1.165) is 12.1 Å². The Morgan fingerprint density at radius 2 is 1.93 bits per heavy atom. The highest BCUT2D eigenvalue weighted by molar-refractivity contribution is 5.93. The van der Waals surface area contributed by atoms with Gasteiger partial charge in [-0.05, 0) is 29.0 Å². The molecule has 2 rings (SSSR count). The minimum atomic E-state index is 0.131. The smallest absolute Gasteiger partial charge is 0.224 e. The zero-order valence-corrected chi connectivity index (χ0v) is 9.55. The summed E-state index contributed by atoms with van der Waals surface area (Å²) in [6.07, 6.45) is 1.48. The average Bonchev–Trinajstić information content (AvgIpc) is 2.15. The lowest BCUT2D eigenvalue weighted by atomic mass is 9.85. The molecular formula is C13H17NO. The van der Waals surface area contributed by atoms with Gasteiger partial charge in [-0.1, -0.05) is 32.9 Å². The Morgan fingerprint density at radius 3 is 2.60 bits per heavy atom. The number of aryl methyl sites for hydroxylation is 1. The molecule has 2 heteroatoms. The maximum Gasteiger partial charge on any atom is 0.224 e. The third-order valence-corrected chi connectivity index (χ3v) is 2.87. The van der Waals surface area contributed by atoms with Crippen LogP contribution in [0.4, 0.5) is 5.69 Å². The van der Waals surface area contributed by atoms with Gasteiger partial charge in [0.1, 0.15) is 0 Å². The van der Waals surface area contributed by atoms with Crippen molar-refractivity contribution >= 4 is 11.6 Å². The van der Waals surface area contributed by atoms with E-state index in [0.29, 0.717) is 6.42 Å². The molecule has 80 valence electrons. The van der Waals surface area contributed by atoms with Gasteiger partial charge in [-0.25, -0.2) is 0 Å². The number of nitrogens with one attached hydrogen (secondary N) is 1. The molecule has 1 N–H and O–H groups in total. The maximum absolute atomic E-state index is 11.2. The van der Waals surface area contributed by atoms with Crippen molar-refractivity contribution in [3.63, 3.8) is 0 Å². The Labute approximate surface area is 90.7 Å². The van der Waals surface area contributed by atoms with Crippen LogP contribution < -0.4 is 5.32 Å². The second-order valence-electron chi connectivity index (χ2n) is 5.17. The fourth-order valence-corrected chi connectivity index (χ4v) is 1.85. The molecule has 1 aromatic carbocycles. The Morgan fingerprint density at radius 1 is 1.20 bits per heavy atom. The molecule has 1 aliphatic rings. The Balaban J connectivity index is 2.39. The molecule has 0 aromatic heterocycles. The Kier molecular flexibility index (Phi) is 2.29. The van der Waals surface area contributed by atoms with E-state index in [1.54, 1.807) is 0 Å². The molecule has 1 aromatic rings. The number of carbonyl (C=O) groups is 1. The van der Waals surface area contributed by atoms with Crippen LogP contribution in [-0.2, 0) is 16.6 Å². The summed E-state index contributed by atoms with van der Waals surface area (Å²) >= 11 is 0. The van der Waals surface area contributed by atoms with Gasteiger partial charge in [-0.2, -0.15) is 0 Å². The van der Waals surface area contributed by atoms with E-state index >= 15 is 0 Å². The number of amides is 1. The minimum Gasteiger partial charge on any atom is -0.326 e. The molecule has 1 amide bonds. The first-order chi connectivity index (χ1) is 6.97. The molecule has 0 bridgehead atoms. The quantitative estimate of drug-likeness (QED) is 0.690. The van der Waals surface area contributed by atoms with Crippen molar-refractivity contribution < 1.29 is 4.79 Å². The minimum absolute atomic E-state index is 0.131. The molecule has 2 nitrogen and oxygen atoms in total. The molecule has 1 aliphatic heterocycles. The highest BCUT2D eigenvalue weighted by atomic mass is 16.1. The maximum atomic E-state index is 11.2. The Bertz CT molecular complexity index is 401. The van der Waals surface area contributed by atoms with Crippen molar-refractivity contribution in [3.05, 3.63) is 29.3 Å². The van der Waals surface area contributed by atoms with Gasteiger partial charge in [0.25, 0.3) is 0 Å². The highest BCUT2D eigenvalue weighted by Crippen LogP contribution is 2.29. The predicted octanol–water partition coefficient (Wildman–Crippen LogP) is 2.87. The topological polar surface area (TPSA) is 29.1 Å². The van der Waals surface area contributed by atoms with Gasteiger partial charge >= 0.3 is 0 Å². The van der Waals surface area contributed by atoms with Crippen molar-refractivity contribution in [2.75, 3.05) is 5.32 Å². The summed E-state index contributed by atoms with van der Waals surface area (Å²) in [5, 5.41) is 2.90. The summed E-state index contributed by atoms with van der Waals surface area (Å²) in [6, 6.07) is 6.34. The van der Waals surface area contributed by atoms with Gasteiger partial charge in [0.05, 0.1) is 0 Å². The molecular weight excluding hydrogens is 186 g/mol. The summed E-state index contributed by atoms with van der Waals surface area (Å²) in [4.78, 5) is 11.2. The van der Waals surface area contributed by atoms with Gasteiger partial charge in [-0.15, -0.1) is 0 Å². The lowest BCUT2D eigenvalue weighted by molar-refractivity contribution is -0.116. The van der Waals surface area contributed by atoms with Crippen molar-refractivity contribution in [1.82, 2.24) is 0 Å². The van der Waals surface area contributed by atoms with Gasteiger partial charge in [-0.3, -0.25) is 4.79 Å². The van der Waals surface area contributed by atoms with Crippen molar-refractivity contribution in [2.24, 2.45) is 0 Å². The summed E-state index contributed by atoms with van der Waals surface area (Å²) in [5.74, 6) is 0.131. The van der Waals surface area contributed by atoms with Gasteiger partial charge in [0, 0.05) is 12.1 Å². The van der Waals surface area contributed by atoms with E-state index in [-0.39, 0.29) is 11.3 Å². The molecule has 0 fully saturated rings. The van der Waals surface area contributed by atoms with E-state index in [1.165, 1.54) is 11.1 Å². The first kappa shape index (κ1) is 10.2. The van der Waals surface area contributed by atoms with E-state index in [2.05, 4.69) is 38.2 Å². The summed E-state index contributed by atoms with van der Waals surface area (Å²) in [7, 11) is 0. The fraction of sp³-hybridized carbons (Fsp3) is 0.462. The van der Waals surface area contributed by atoms with Crippen LogP contribution in [0.1, 0.15) is 38.3 Å². The average molecular weight is 203 g/mol. The molecule has 1 heterocycles.